The molecule has 0 unspecified atom stereocenters. The lowest BCUT2D eigenvalue weighted by Crippen LogP contribution is -2.60. The fourth-order valence-corrected chi connectivity index (χ4v) is 6.65. The Morgan fingerprint density at radius 3 is 2.04 bits per heavy atom. The van der Waals surface area contributed by atoms with Crippen LogP contribution in [0.15, 0.2) is 30.3 Å². The highest BCUT2D eigenvalue weighted by Gasteiger charge is 2.40. The lowest BCUT2D eigenvalue weighted by molar-refractivity contribution is -0.150. The smallest absolute Gasteiger partial charge is 0.326 e. The minimum Gasteiger partial charge on any atom is -0.480 e. The Balaban J connectivity index is 1.77. The van der Waals surface area contributed by atoms with Crippen molar-refractivity contribution in [1.82, 2.24) is 25.8 Å². The Bertz CT molecular complexity index is 1280. The number of benzene rings is 1. The lowest BCUT2D eigenvalue weighted by Gasteiger charge is -2.30. The number of nitrogens with two attached hydrogens (primary N) is 1. The van der Waals surface area contributed by atoms with E-state index in [0.29, 0.717) is 43.5 Å². The van der Waals surface area contributed by atoms with Crippen molar-refractivity contribution in [1.29, 1.82) is 0 Å². The third-order valence-electron chi connectivity index (χ3n) is 8.66. The monoisotopic (exact) mass is 690 g/mol. The van der Waals surface area contributed by atoms with Gasteiger partial charge in [0.05, 0.1) is 12.6 Å². The van der Waals surface area contributed by atoms with E-state index < -0.39 is 72.5 Å². The Labute approximate surface area is 285 Å². The quantitative estimate of drug-likeness (QED) is 0.127. The maximum atomic E-state index is 13.8. The molecular weight excluding hydrogens is 640 g/mol. The van der Waals surface area contributed by atoms with Gasteiger partial charge in [-0.3, -0.25) is 24.0 Å². The highest BCUT2D eigenvalue weighted by molar-refractivity contribution is 7.98. The van der Waals surface area contributed by atoms with Gasteiger partial charge in [0.2, 0.25) is 29.5 Å². The molecule has 48 heavy (non-hydrogen) atoms. The molecule has 3 rings (SSSR count). The van der Waals surface area contributed by atoms with Crippen LogP contribution in [0.1, 0.15) is 57.9 Å². The number of thioether (sulfide) groups is 1. The SMILES string of the molecule is CSCC[C@H](NC(=O)[C@@H]1CCCN1C(=O)[C@@H](N)CC(C)C)C(=O)N[C@@H](Cc1ccccc1)C(=O)N[C@@H](CO)C(=O)N1CCC[C@H]1C(=O)O. The fraction of sp³-hybridized carbons (Fsp3) is 0.636. The van der Waals surface area contributed by atoms with Crippen molar-refractivity contribution >= 4 is 47.3 Å². The first kappa shape index (κ1) is 38.8. The van der Waals surface area contributed by atoms with Gasteiger partial charge in [0.1, 0.15) is 30.2 Å². The second-order valence-electron chi connectivity index (χ2n) is 12.8. The normalized spacial score (nSPS) is 20.1. The minimum absolute atomic E-state index is 0.0358. The molecule has 0 bridgehead atoms. The molecule has 15 heteroatoms. The third-order valence-corrected chi connectivity index (χ3v) is 9.30. The fourth-order valence-electron chi connectivity index (χ4n) is 6.17. The van der Waals surface area contributed by atoms with E-state index in [0.717, 1.165) is 4.90 Å². The van der Waals surface area contributed by atoms with Crippen molar-refractivity contribution in [3.05, 3.63) is 35.9 Å². The summed E-state index contributed by atoms with van der Waals surface area (Å²) in [6.07, 6.45) is 4.41. The van der Waals surface area contributed by atoms with E-state index >= 15 is 0 Å². The lowest BCUT2D eigenvalue weighted by atomic mass is 10.0. The van der Waals surface area contributed by atoms with Crippen molar-refractivity contribution in [2.45, 2.75) is 95.0 Å². The third kappa shape index (κ3) is 10.7. The number of carbonyl (C=O) groups excluding carboxylic acids is 5. The number of nitrogens with one attached hydrogen (secondary N) is 3. The molecule has 0 spiro atoms. The summed E-state index contributed by atoms with van der Waals surface area (Å²) in [5, 5.41) is 27.6. The molecule has 6 atom stereocenters. The van der Waals surface area contributed by atoms with Crippen LogP contribution in [0.5, 0.6) is 0 Å². The highest BCUT2D eigenvalue weighted by atomic mass is 32.2. The molecule has 0 radical (unpaired) electrons. The van der Waals surface area contributed by atoms with Gasteiger partial charge in [-0.25, -0.2) is 4.79 Å². The number of nitrogens with zero attached hydrogens (tertiary/aromatic N) is 2. The summed E-state index contributed by atoms with van der Waals surface area (Å²) in [5.41, 5.74) is 6.85. The van der Waals surface area contributed by atoms with Gasteiger partial charge in [0, 0.05) is 19.5 Å². The van der Waals surface area contributed by atoms with E-state index in [4.69, 9.17) is 5.73 Å². The van der Waals surface area contributed by atoms with E-state index in [2.05, 4.69) is 16.0 Å². The summed E-state index contributed by atoms with van der Waals surface area (Å²) in [7, 11) is 0. The number of aliphatic hydroxyl groups excluding tert-OH is 1. The predicted molar refractivity (Wildman–Crippen MR) is 181 cm³/mol. The average molecular weight is 691 g/mol. The van der Waals surface area contributed by atoms with Gasteiger partial charge in [-0.1, -0.05) is 44.2 Å². The van der Waals surface area contributed by atoms with Gasteiger partial charge in [-0.2, -0.15) is 11.8 Å². The number of aliphatic carboxylic acids is 1. The molecule has 14 nitrogen and oxygen atoms in total. The highest BCUT2D eigenvalue weighted by Crippen LogP contribution is 2.21. The van der Waals surface area contributed by atoms with Gasteiger partial charge in [0.15, 0.2) is 0 Å². The summed E-state index contributed by atoms with van der Waals surface area (Å²) >= 11 is 1.47. The summed E-state index contributed by atoms with van der Waals surface area (Å²) in [6.45, 7) is 3.72. The molecule has 2 aliphatic rings. The van der Waals surface area contributed by atoms with Crippen LogP contribution >= 0.6 is 11.8 Å². The predicted octanol–water partition coefficient (Wildman–Crippen LogP) is -0.131. The standard InChI is InChI=1S/C33H50N6O8S/c1-20(2)17-22(34)31(44)38-14-7-11-26(38)30(43)35-23(13-16-48-3)28(41)36-24(18-21-9-5-4-6-10-21)29(42)37-25(19-40)32(45)39-15-8-12-27(39)33(46)47/h4-6,9-10,20,22-27,40H,7-8,11-19,34H2,1-3H3,(H,35,43)(H,36,41)(H,37,42)(H,46,47)/t22-,23-,24-,25-,26-,27-/m0/s1. The van der Waals surface area contributed by atoms with Crippen LogP contribution in [-0.2, 0) is 35.2 Å². The zero-order valence-corrected chi connectivity index (χ0v) is 28.7. The summed E-state index contributed by atoms with van der Waals surface area (Å²) in [4.78, 5) is 81.5. The molecule has 2 aliphatic heterocycles. The first-order chi connectivity index (χ1) is 22.9. The van der Waals surface area contributed by atoms with Gasteiger partial charge in [0.25, 0.3) is 0 Å². The minimum atomic E-state index is -1.42. The molecule has 0 aliphatic carbocycles. The number of amides is 5. The number of carbonyl (C=O) groups is 6. The maximum absolute atomic E-state index is 13.8. The van der Waals surface area contributed by atoms with Crippen LogP contribution in [0, 0.1) is 5.92 Å². The number of likely N-dealkylation sites (tertiary alicyclic amines) is 2. The van der Waals surface area contributed by atoms with Crippen LogP contribution in [0.4, 0.5) is 0 Å². The zero-order valence-electron chi connectivity index (χ0n) is 27.9. The molecule has 5 amide bonds. The van der Waals surface area contributed by atoms with Crippen molar-refractivity contribution in [3.63, 3.8) is 0 Å². The van der Waals surface area contributed by atoms with Crippen LogP contribution in [0.2, 0.25) is 0 Å². The zero-order chi connectivity index (χ0) is 35.4. The molecule has 2 saturated heterocycles. The van der Waals surface area contributed by atoms with Crippen LogP contribution in [-0.4, -0.2) is 123 Å². The van der Waals surface area contributed by atoms with Crippen molar-refractivity contribution in [2.24, 2.45) is 11.7 Å². The number of rotatable bonds is 17. The molecule has 266 valence electrons. The van der Waals surface area contributed by atoms with Crippen molar-refractivity contribution < 1.29 is 39.0 Å². The van der Waals surface area contributed by atoms with Gasteiger partial charge in [-0.05, 0) is 62.0 Å². The Morgan fingerprint density at radius 1 is 0.875 bits per heavy atom. The van der Waals surface area contributed by atoms with E-state index in [1.165, 1.54) is 16.7 Å². The molecule has 7 N–H and O–H groups in total. The second kappa shape index (κ2) is 18.7. The summed E-state index contributed by atoms with van der Waals surface area (Å²) < 4.78 is 0. The Kier molecular flexibility index (Phi) is 15.1. The summed E-state index contributed by atoms with van der Waals surface area (Å²) in [5.74, 6) is -3.34. The number of aliphatic hydroxyl groups is 1. The van der Waals surface area contributed by atoms with Crippen molar-refractivity contribution in [2.75, 3.05) is 31.7 Å². The van der Waals surface area contributed by atoms with E-state index in [1.807, 2.05) is 20.1 Å². The van der Waals surface area contributed by atoms with Gasteiger partial charge in [-0.15, -0.1) is 0 Å². The molecule has 0 saturated carbocycles. The number of hydrogen-bond acceptors (Lipinski definition) is 9. The second-order valence-corrected chi connectivity index (χ2v) is 13.8. The average Bonchev–Trinajstić information content (AvgIpc) is 3.75. The Morgan fingerprint density at radius 2 is 1.46 bits per heavy atom. The van der Waals surface area contributed by atoms with Gasteiger partial charge >= 0.3 is 5.97 Å². The van der Waals surface area contributed by atoms with E-state index in [-0.39, 0.29) is 37.6 Å². The van der Waals surface area contributed by atoms with E-state index in [9.17, 15) is 39.0 Å². The molecule has 2 heterocycles. The van der Waals surface area contributed by atoms with Crippen LogP contribution in [0.25, 0.3) is 0 Å². The van der Waals surface area contributed by atoms with Crippen molar-refractivity contribution in [3.8, 4) is 0 Å². The molecular formula is C33H50N6O8S. The topological polar surface area (TPSA) is 211 Å². The maximum Gasteiger partial charge on any atom is 0.326 e. The van der Waals surface area contributed by atoms with Crippen LogP contribution in [0.3, 0.4) is 0 Å². The molecule has 2 fully saturated rings. The van der Waals surface area contributed by atoms with Crippen LogP contribution < -0.4 is 21.7 Å². The molecule has 1 aromatic rings. The summed E-state index contributed by atoms with van der Waals surface area (Å²) in [6, 6.07) is 2.65. The number of carboxylic acids is 1. The number of carboxylic acid groups (broad SMARTS) is 1. The van der Waals surface area contributed by atoms with E-state index in [1.54, 1.807) is 30.3 Å². The number of hydrogen-bond donors (Lipinski definition) is 6. The first-order valence-corrected chi connectivity index (χ1v) is 17.9. The molecule has 1 aromatic carbocycles. The Hall–Kier alpha value is -3.69. The molecule has 0 aromatic heterocycles. The van der Waals surface area contributed by atoms with Gasteiger partial charge < -0.3 is 41.7 Å². The first-order valence-electron chi connectivity index (χ1n) is 16.5. The largest absolute Gasteiger partial charge is 0.480 e.